The number of carbonyl (C=O) groups excluding carboxylic acids is 1. The van der Waals surface area contributed by atoms with Crippen LogP contribution in [0.1, 0.15) is 12.5 Å². The number of ether oxygens (including phenoxy) is 1. The maximum absolute atomic E-state index is 13.5. The van der Waals surface area contributed by atoms with Crippen LogP contribution in [-0.4, -0.2) is 24.3 Å². The van der Waals surface area contributed by atoms with E-state index in [1.807, 2.05) is 18.2 Å². The van der Waals surface area contributed by atoms with Crippen LogP contribution in [0.15, 0.2) is 53.0 Å². The van der Waals surface area contributed by atoms with Gasteiger partial charge in [0, 0.05) is 22.5 Å². The van der Waals surface area contributed by atoms with E-state index in [0.29, 0.717) is 29.4 Å². The minimum atomic E-state index is -0.567. The van der Waals surface area contributed by atoms with E-state index in [1.165, 1.54) is 6.07 Å². The zero-order valence-corrected chi connectivity index (χ0v) is 15.7. The molecule has 1 unspecified atom stereocenters. The van der Waals surface area contributed by atoms with Crippen molar-refractivity contribution >= 4 is 33.6 Å². The van der Waals surface area contributed by atoms with Gasteiger partial charge in [0.2, 0.25) is 0 Å². The van der Waals surface area contributed by atoms with Crippen LogP contribution in [0.25, 0.3) is 0 Å². The van der Waals surface area contributed by atoms with Crippen LogP contribution in [0.2, 0.25) is 0 Å². The number of carbonyl (C=O) groups is 1. The molecule has 0 spiro atoms. The molecule has 24 heavy (non-hydrogen) atoms. The van der Waals surface area contributed by atoms with Gasteiger partial charge in [-0.25, -0.2) is 4.39 Å². The summed E-state index contributed by atoms with van der Waals surface area (Å²) >= 11 is 4.93. The van der Waals surface area contributed by atoms with Crippen molar-refractivity contribution in [2.45, 2.75) is 18.8 Å². The Morgan fingerprint density at radius 3 is 2.67 bits per heavy atom. The lowest BCUT2D eigenvalue weighted by molar-refractivity contribution is -0.127. The fourth-order valence-corrected chi connectivity index (χ4v) is 3.07. The molecule has 1 atom stereocenters. The van der Waals surface area contributed by atoms with Gasteiger partial charge in [0.05, 0.1) is 0 Å². The van der Waals surface area contributed by atoms with Gasteiger partial charge in [-0.15, -0.1) is 0 Å². The van der Waals surface area contributed by atoms with E-state index in [4.69, 9.17) is 4.74 Å². The summed E-state index contributed by atoms with van der Waals surface area (Å²) in [4.78, 5) is 12.0. The van der Waals surface area contributed by atoms with Crippen LogP contribution in [-0.2, 0) is 10.5 Å². The summed E-state index contributed by atoms with van der Waals surface area (Å²) in [6, 6.07) is 14.1. The first-order chi connectivity index (χ1) is 11.6. The molecule has 0 aliphatic carbocycles. The second-order valence-corrected chi connectivity index (χ2v) is 7.17. The summed E-state index contributed by atoms with van der Waals surface area (Å²) < 4.78 is 20.0. The molecule has 128 valence electrons. The summed E-state index contributed by atoms with van der Waals surface area (Å²) in [5.74, 6) is 1.60. The maximum Gasteiger partial charge on any atom is 0.260 e. The van der Waals surface area contributed by atoms with Crippen LogP contribution < -0.4 is 10.1 Å². The number of benzene rings is 2. The lowest BCUT2D eigenvalue weighted by atomic mass is 10.2. The van der Waals surface area contributed by atoms with Gasteiger partial charge in [0.15, 0.2) is 6.10 Å². The van der Waals surface area contributed by atoms with Gasteiger partial charge < -0.3 is 10.1 Å². The largest absolute Gasteiger partial charge is 0.481 e. The molecule has 0 radical (unpaired) electrons. The third-order valence-corrected chi connectivity index (χ3v) is 4.79. The fraction of sp³-hybridized carbons (Fsp3) is 0.278. The normalized spacial score (nSPS) is 11.8. The predicted molar refractivity (Wildman–Crippen MR) is 99.8 cm³/mol. The third kappa shape index (κ3) is 6.17. The molecule has 0 fully saturated rings. The molecule has 6 heteroatoms. The average molecular weight is 412 g/mol. The van der Waals surface area contributed by atoms with E-state index in [0.717, 1.165) is 4.47 Å². The van der Waals surface area contributed by atoms with Gasteiger partial charge in [-0.1, -0.05) is 34.1 Å². The highest BCUT2D eigenvalue weighted by atomic mass is 79.9. The van der Waals surface area contributed by atoms with Crippen LogP contribution in [0.5, 0.6) is 5.75 Å². The van der Waals surface area contributed by atoms with Gasteiger partial charge in [-0.05, 0) is 42.8 Å². The zero-order valence-electron chi connectivity index (χ0n) is 13.3. The van der Waals surface area contributed by atoms with Crippen molar-refractivity contribution in [1.82, 2.24) is 5.32 Å². The molecule has 0 aromatic heterocycles. The van der Waals surface area contributed by atoms with Crippen molar-refractivity contribution in [2.75, 3.05) is 12.3 Å². The van der Waals surface area contributed by atoms with E-state index >= 15 is 0 Å². The maximum atomic E-state index is 13.5. The highest BCUT2D eigenvalue weighted by molar-refractivity contribution is 9.10. The first kappa shape index (κ1) is 18.8. The van der Waals surface area contributed by atoms with Gasteiger partial charge >= 0.3 is 0 Å². The summed E-state index contributed by atoms with van der Waals surface area (Å²) in [5, 5.41) is 2.83. The van der Waals surface area contributed by atoms with Crippen LogP contribution in [0.3, 0.4) is 0 Å². The molecule has 2 aromatic carbocycles. The SMILES string of the molecule is CC(Oc1ccc(Br)cc1)C(=O)NCCSCc1ccccc1F. The zero-order chi connectivity index (χ0) is 17.4. The highest BCUT2D eigenvalue weighted by Crippen LogP contribution is 2.17. The summed E-state index contributed by atoms with van der Waals surface area (Å²) in [6.45, 7) is 2.23. The van der Waals surface area contributed by atoms with E-state index in [2.05, 4.69) is 21.2 Å². The smallest absolute Gasteiger partial charge is 0.260 e. The number of hydrogen-bond donors (Lipinski definition) is 1. The lowest BCUT2D eigenvalue weighted by Crippen LogP contribution is -2.37. The number of hydrogen-bond acceptors (Lipinski definition) is 3. The molecule has 0 saturated carbocycles. The van der Waals surface area contributed by atoms with E-state index in [1.54, 1.807) is 43.0 Å². The number of halogens is 2. The number of amides is 1. The van der Waals surface area contributed by atoms with Crippen molar-refractivity contribution in [3.05, 3.63) is 64.4 Å². The first-order valence-corrected chi connectivity index (χ1v) is 9.52. The van der Waals surface area contributed by atoms with Crippen LogP contribution in [0.4, 0.5) is 4.39 Å². The topological polar surface area (TPSA) is 38.3 Å². The number of rotatable bonds is 8. The lowest BCUT2D eigenvalue weighted by Gasteiger charge is -2.14. The highest BCUT2D eigenvalue weighted by Gasteiger charge is 2.13. The quantitative estimate of drug-likeness (QED) is 0.653. The van der Waals surface area contributed by atoms with Gasteiger partial charge in [0.1, 0.15) is 11.6 Å². The Labute approximate surface area is 154 Å². The second kappa shape index (κ2) is 9.69. The van der Waals surface area contributed by atoms with Crippen molar-refractivity contribution in [1.29, 1.82) is 0 Å². The molecule has 0 aliphatic heterocycles. The number of thioether (sulfide) groups is 1. The van der Waals surface area contributed by atoms with Gasteiger partial charge in [0.25, 0.3) is 5.91 Å². The van der Waals surface area contributed by atoms with E-state index in [-0.39, 0.29) is 11.7 Å². The number of nitrogens with one attached hydrogen (secondary N) is 1. The second-order valence-electron chi connectivity index (χ2n) is 5.15. The van der Waals surface area contributed by atoms with Crippen LogP contribution >= 0.6 is 27.7 Å². The molecule has 2 rings (SSSR count). The van der Waals surface area contributed by atoms with Crippen molar-refractivity contribution in [3.8, 4) is 5.75 Å². The monoisotopic (exact) mass is 411 g/mol. The van der Waals surface area contributed by atoms with E-state index in [9.17, 15) is 9.18 Å². The average Bonchev–Trinajstić information content (AvgIpc) is 2.58. The van der Waals surface area contributed by atoms with Crippen molar-refractivity contribution in [2.24, 2.45) is 0 Å². The Morgan fingerprint density at radius 1 is 1.25 bits per heavy atom. The third-order valence-electron chi connectivity index (χ3n) is 3.26. The van der Waals surface area contributed by atoms with Gasteiger partial charge in [-0.2, -0.15) is 11.8 Å². The predicted octanol–water partition coefficient (Wildman–Crippen LogP) is 4.41. The first-order valence-electron chi connectivity index (χ1n) is 7.57. The van der Waals surface area contributed by atoms with Crippen molar-refractivity contribution < 1.29 is 13.9 Å². The molecular formula is C18H19BrFNO2S. The molecule has 0 aliphatic rings. The Morgan fingerprint density at radius 2 is 1.96 bits per heavy atom. The standard InChI is InChI=1S/C18H19BrFNO2S/c1-13(23-16-8-6-15(19)7-9-16)18(22)21-10-11-24-12-14-4-2-3-5-17(14)20/h2-9,13H,10-12H2,1H3,(H,21,22). The van der Waals surface area contributed by atoms with Crippen molar-refractivity contribution in [3.63, 3.8) is 0 Å². The summed E-state index contributed by atoms with van der Waals surface area (Å²) in [7, 11) is 0. The minimum Gasteiger partial charge on any atom is -0.481 e. The molecular weight excluding hydrogens is 393 g/mol. The Balaban J connectivity index is 1.65. The molecule has 3 nitrogen and oxygen atoms in total. The Bertz CT molecular complexity index is 666. The summed E-state index contributed by atoms with van der Waals surface area (Å²) in [6.07, 6.45) is -0.567. The molecule has 0 bridgehead atoms. The van der Waals surface area contributed by atoms with Crippen LogP contribution in [0, 0.1) is 5.82 Å². The minimum absolute atomic E-state index is 0.163. The molecule has 0 saturated heterocycles. The molecule has 1 N–H and O–H groups in total. The van der Waals surface area contributed by atoms with E-state index < -0.39 is 6.10 Å². The molecule has 2 aromatic rings. The van der Waals surface area contributed by atoms with Gasteiger partial charge in [-0.3, -0.25) is 4.79 Å². The Hall–Kier alpha value is -1.53. The summed E-state index contributed by atoms with van der Waals surface area (Å²) in [5.41, 5.74) is 0.681. The molecule has 1 amide bonds. The molecule has 0 heterocycles. The fourth-order valence-electron chi connectivity index (χ4n) is 1.96. The Kier molecular flexibility index (Phi) is 7.59.